The van der Waals surface area contributed by atoms with Crippen molar-refractivity contribution in [2.24, 2.45) is 0 Å². The van der Waals surface area contributed by atoms with Gasteiger partial charge in [-0.1, -0.05) is 0 Å². The minimum absolute atomic E-state index is 0.411. The highest BCUT2D eigenvalue weighted by Gasteiger charge is 2.34. The van der Waals surface area contributed by atoms with E-state index in [0.29, 0.717) is 5.75 Å². The van der Waals surface area contributed by atoms with Crippen molar-refractivity contribution in [2.75, 3.05) is 12.9 Å². The van der Waals surface area contributed by atoms with Crippen LogP contribution in [-0.2, 0) is 14.3 Å². The van der Waals surface area contributed by atoms with Gasteiger partial charge in [0.25, 0.3) is 0 Å². The lowest BCUT2D eigenvalue weighted by atomic mass is 10.3. The Kier molecular flexibility index (Phi) is 2.93. The van der Waals surface area contributed by atoms with Gasteiger partial charge in [-0.15, -0.1) is 11.8 Å². The number of thioether (sulfide) groups is 1. The average molecular weight is 191 g/mol. The minimum Gasteiger partial charge on any atom is -0.479 e. The zero-order valence-electron chi connectivity index (χ0n) is 6.44. The highest BCUT2D eigenvalue weighted by Crippen LogP contribution is 2.19. The summed E-state index contributed by atoms with van der Waals surface area (Å²) >= 11 is 1.19. The highest BCUT2D eigenvalue weighted by atomic mass is 32.2. The first kappa shape index (κ1) is 9.34. The summed E-state index contributed by atoms with van der Waals surface area (Å²) < 4.78 is 4.45. The maximum absolute atomic E-state index is 10.9. The maximum Gasteiger partial charge on any atom is 0.331 e. The van der Waals surface area contributed by atoms with Crippen LogP contribution in [0.2, 0.25) is 0 Å². The van der Waals surface area contributed by atoms with Gasteiger partial charge in [-0.3, -0.25) is 10.1 Å². The highest BCUT2D eigenvalue weighted by molar-refractivity contribution is 8.00. The number of carboxylic acids is 1. The topological polar surface area (TPSA) is 75.6 Å². The second kappa shape index (κ2) is 3.77. The fourth-order valence-corrected chi connectivity index (χ4v) is 1.91. The van der Waals surface area contributed by atoms with Crippen molar-refractivity contribution in [3.05, 3.63) is 0 Å². The van der Waals surface area contributed by atoms with Crippen molar-refractivity contribution in [1.82, 2.24) is 5.32 Å². The molecule has 0 aromatic heterocycles. The summed E-state index contributed by atoms with van der Waals surface area (Å²) in [7, 11) is 1.28. The maximum atomic E-state index is 10.9. The number of hydrogen-bond donors (Lipinski definition) is 2. The Morgan fingerprint density at radius 1 is 1.67 bits per heavy atom. The van der Waals surface area contributed by atoms with Crippen LogP contribution in [0.4, 0.5) is 0 Å². The Labute approximate surface area is 73.5 Å². The molecule has 0 radical (unpaired) electrons. The van der Waals surface area contributed by atoms with E-state index in [-0.39, 0.29) is 0 Å². The number of hydrogen-bond acceptors (Lipinski definition) is 5. The van der Waals surface area contributed by atoms with Gasteiger partial charge in [-0.2, -0.15) is 0 Å². The molecule has 2 atom stereocenters. The fourth-order valence-electron chi connectivity index (χ4n) is 0.892. The Bertz CT molecular complexity index is 208. The molecule has 0 bridgehead atoms. The molecule has 6 heteroatoms. The van der Waals surface area contributed by atoms with Crippen molar-refractivity contribution < 1.29 is 19.4 Å². The van der Waals surface area contributed by atoms with Crippen LogP contribution in [0.15, 0.2) is 0 Å². The zero-order chi connectivity index (χ0) is 9.14. The lowest BCUT2D eigenvalue weighted by Gasteiger charge is -2.07. The van der Waals surface area contributed by atoms with E-state index in [1.54, 1.807) is 0 Å². The molecule has 0 spiro atoms. The second-order valence-electron chi connectivity index (χ2n) is 2.29. The number of carbonyl (C=O) groups excluding carboxylic acids is 1. The first-order valence-corrected chi connectivity index (χ1v) is 4.38. The van der Waals surface area contributed by atoms with E-state index in [0.717, 1.165) is 0 Å². The van der Waals surface area contributed by atoms with Crippen LogP contribution in [0, 0.1) is 0 Å². The third kappa shape index (κ3) is 1.89. The zero-order valence-corrected chi connectivity index (χ0v) is 7.26. The van der Waals surface area contributed by atoms with E-state index in [2.05, 4.69) is 10.1 Å². The minimum atomic E-state index is -0.952. The van der Waals surface area contributed by atoms with Crippen molar-refractivity contribution in [1.29, 1.82) is 0 Å². The normalized spacial score (nSPS) is 28.4. The SMILES string of the molecule is COC(=O)C1CSC(C(=O)O)N1. The molecular formula is C6H9NO4S. The van der Waals surface area contributed by atoms with Crippen LogP contribution in [0.3, 0.4) is 0 Å². The standard InChI is InChI=1S/C6H9NO4S/c1-11-6(10)3-2-12-4(7-3)5(8)9/h3-4,7H,2H2,1H3,(H,8,9). The molecule has 1 saturated heterocycles. The van der Waals surface area contributed by atoms with Gasteiger partial charge < -0.3 is 9.84 Å². The third-order valence-corrected chi connectivity index (χ3v) is 2.69. The molecule has 2 unspecified atom stereocenters. The molecule has 1 aliphatic rings. The molecule has 1 aliphatic heterocycles. The van der Waals surface area contributed by atoms with E-state index in [1.807, 2.05) is 0 Å². The van der Waals surface area contributed by atoms with Crippen LogP contribution in [0.1, 0.15) is 0 Å². The molecule has 0 aliphatic carbocycles. The van der Waals surface area contributed by atoms with Gasteiger partial charge in [-0.05, 0) is 0 Å². The first-order chi connectivity index (χ1) is 5.65. The largest absolute Gasteiger partial charge is 0.479 e. The predicted octanol–water partition coefficient (Wildman–Crippen LogP) is -0.725. The molecule has 68 valence electrons. The summed E-state index contributed by atoms with van der Waals surface area (Å²) in [5, 5.41) is 10.5. The molecule has 1 fully saturated rings. The molecule has 5 nitrogen and oxygen atoms in total. The van der Waals surface area contributed by atoms with E-state index >= 15 is 0 Å². The van der Waals surface area contributed by atoms with Gasteiger partial charge in [0.15, 0.2) is 5.37 Å². The Balaban J connectivity index is 2.45. The number of nitrogens with one attached hydrogen (secondary N) is 1. The van der Waals surface area contributed by atoms with Crippen LogP contribution >= 0.6 is 11.8 Å². The molecule has 12 heavy (non-hydrogen) atoms. The summed E-state index contributed by atoms with van der Waals surface area (Å²) in [6.45, 7) is 0. The van der Waals surface area contributed by atoms with Gasteiger partial charge in [0.1, 0.15) is 6.04 Å². The summed E-state index contributed by atoms with van der Waals surface area (Å²) in [4.78, 5) is 21.3. The number of aliphatic carboxylic acids is 1. The fraction of sp³-hybridized carbons (Fsp3) is 0.667. The average Bonchev–Trinajstić information content (AvgIpc) is 2.51. The summed E-state index contributed by atoms with van der Waals surface area (Å²) in [5.74, 6) is -0.915. The van der Waals surface area contributed by atoms with Crippen LogP contribution in [-0.4, -0.2) is 41.3 Å². The van der Waals surface area contributed by atoms with E-state index in [4.69, 9.17) is 5.11 Å². The number of carboxylic acid groups (broad SMARTS) is 1. The van der Waals surface area contributed by atoms with Crippen molar-refractivity contribution in [3.8, 4) is 0 Å². The molecular weight excluding hydrogens is 182 g/mol. The summed E-state index contributed by atoms with van der Waals surface area (Å²) in [6.07, 6.45) is 0. The Morgan fingerprint density at radius 2 is 2.33 bits per heavy atom. The number of methoxy groups -OCH3 is 1. The van der Waals surface area contributed by atoms with Gasteiger partial charge >= 0.3 is 11.9 Å². The Hall–Kier alpha value is -0.750. The lowest BCUT2D eigenvalue weighted by molar-refractivity contribution is -0.142. The van der Waals surface area contributed by atoms with Crippen molar-refractivity contribution >= 4 is 23.7 Å². The van der Waals surface area contributed by atoms with Crippen molar-refractivity contribution in [3.63, 3.8) is 0 Å². The number of ether oxygens (including phenoxy) is 1. The number of esters is 1. The monoisotopic (exact) mass is 191 g/mol. The number of carbonyl (C=O) groups is 2. The molecule has 0 aromatic carbocycles. The van der Waals surface area contributed by atoms with Gasteiger partial charge in [0, 0.05) is 5.75 Å². The lowest BCUT2D eigenvalue weighted by Crippen LogP contribution is -2.40. The molecule has 0 amide bonds. The van der Waals surface area contributed by atoms with Crippen LogP contribution in [0.25, 0.3) is 0 Å². The van der Waals surface area contributed by atoms with E-state index < -0.39 is 23.4 Å². The molecule has 0 saturated carbocycles. The molecule has 1 heterocycles. The molecule has 2 N–H and O–H groups in total. The van der Waals surface area contributed by atoms with Gasteiger partial charge in [-0.25, -0.2) is 4.79 Å². The van der Waals surface area contributed by atoms with E-state index in [1.165, 1.54) is 18.9 Å². The first-order valence-electron chi connectivity index (χ1n) is 3.33. The quantitative estimate of drug-likeness (QED) is 0.561. The van der Waals surface area contributed by atoms with Crippen molar-refractivity contribution in [2.45, 2.75) is 11.4 Å². The van der Waals surface area contributed by atoms with E-state index in [9.17, 15) is 9.59 Å². The summed E-state index contributed by atoms with van der Waals surface area (Å²) in [6, 6.07) is -0.485. The number of rotatable bonds is 2. The third-order valence-electron chi connectivity index (χ3n) is 1.49. The summed E-state index contributed by atoms with van der Waals surface area (Å²) in [5.41, 5.74) is 0. The van der Waals surface area contributed by atoms with Gasteiger partial charge in [0.05, 0.1) is 7.11 Å². The second-order valence-corrected chi connectivity index (χ2v) is 3.43. The smallest absolute Gasteiger partial charge is 0.331 e. The van der Waals surface area contributed by atoms with Crippen LogP contribution in [0.5, 0.6) is 0 Å². The van der Waals surface area contributed by atoms with Crippen LogP contribution < -0.4 is 5.32 Å². The molecule has 1 rings (SSSR count). The molecule has 0 aromatic rings. The Morgan fingerprint density at radius 3 is 2.75 bits per heavy atom. The predicted molar refractivity (Wildman–Crippen MR) is 42.8 cm³/mol. The van der Waals surface area contributed by atoms with Gasteiger partial charge in [0.2, 0.25) is 0 Å².